The second-order valence-corrected chi connectivity index (χ2v) is 10.4. The fourth-order valence-electron chi connectivity index (χ4n) is 5.48. The third kappa shape index (κ3) is 5.79. The summed E-state index contributed by atoms with van der Waals surface area (Å²) in [5.74, 6) is 1.61. The Morgan fingerprint density at radius 3 is 2.58 bits per heavy atom. The van der Waals surface area contributed by atoms with Crippen molar-refractivity contribution in [3.05, 3.63) is 75.5 Å². The Kier molecular flexibility index (Phi) is 7.57. The van der Waals surface area contributed by atoms with Gasteiger partial charge in [0.05, 0.1) is 17.3 Å². The molecule has 0 unspecified atom stereocenters. The van der Waals surface area contributed by atoms with E-state index in [0.717, 1.165) is 91.9 Å². The van der Waals surface area contributed by atoms with Crippen molar-refractivity contribution >= 4 is 11.9 Å². The number of nitrogens with one attached hydrogen (secondary N) is 1. The molecular weight excluding hydrogens is 476 g/mol. The van der Waals surface area contributed by atoms with Crippen LogP contribution in [-0.4, -0.2) is 39.9 Å². The molecule has 0 bridgehead atoms. The van der Waals surface area contributed by atoms with Crippen LogP contribution in [-0.2, 0) is 19.4 Å². The molecule has 2 heterocycles. The van der Waals surface area contributed by atoms with Gasteiger partial charge < -0.3 is 15.8 Å². The van der Waals surface area contributed by atoms with Gasteiger partial charge in [0, 0.05) is 36.8 Å². The Morgan fingerprint density at radius 2 is 1.87 bits per heavy atom. The van der Waals surface area contributed by atoms with Crippen molar-refractivity contribution in [2.75, 3.05) is 18.4 Å². The number of benzene rings is 2. The zero-order valence-electron chi connectivity index (χ0n) is 22.1. The molecule has 8 nitrogen and oxygen atoms in total. The SMILES string of the molecule is Cc1cc(C#N)cc(C)c1Oc1nc(NC2CCN(Cc3cccc(C(N)=O)c3)CC2)nc2c1CCCC2. The molecule has 1 aliphatic heterocycles. The fraction of sp³-hybridized carbons (Fsp3) is 0.400. The molecule has 8 heteroatoms. The highest BCUT2D eigenvalue weighted by Crippen LogP contribution is 2.35. The molecule has 1 amide bonds. The van der Waals surface area contributed by atoms with Gasteiger partial charge in [0.1, 0.15) is 5.75 Å². The third-order valence-corrected chi connectivity index (χ3v) is 7.47. The Labute approximate surface area is 223 Å². The van der Waals surface area contributed by atoms with Crippen molar-refractivity contribution in [2.24, 2.45) is 5.73 Å². The minimum absolute atomic E-state index is 0.274. The number of ether oxygens (including phenoxy) is 1. The number of rotatable bonds is 7. The molecule has 0 spiro atoms. The number of primary amides is 1. The molecule has 38 heavy (non-hydrogen) atoms. The van der Waals surface area contributed by atoms with Gasteiger partial charge in [-0.1, -0.05) is 12.1 Å². The molecular formula is C30H34N6O2. The van der Waals surface area contributed by atoms with Gasteiger partial charge in [-0.25, -0.2) is 4.98 Å². The largest absolute Gasteiger partial charge is 0.438 e. The summed E-state index contributed by atoms with van der Waals surface area (Å²) in [4.78, 5) is 23.6. The zero-order valence-corrected chi connectivity index (χ0v) is 22.1. The van der Waals surface area contributed by atoms with Crippen LogP contribution in [0.15, 0.2) is 36.4 Å². The highest BCUT2D eigenvalue weighted by Gasteiger charge is 2.24. The average Bonchev–Trinajstić information content (AvgIpc) is 2.91. The van der Waals surface area contributed by atoms with Crippen LogP contribution in [0.25, 0.3) is 0 Å². The van der Waals surface area contributed by atoms with Gasteiger partial charge in [0.15, 0.2) is 0 Å². The number of carbonyl (C=O) groups is 1. The molecule has 5 rings (SSSR count). The summed E-state index contributed by atoms with van der Waals surface area (Å²) in [6.07, 6.45) is 6.00. The number of nitriles is 1. The van der Waals surface area contributed by atoms with Gasteiger partial charge in [-0.05, 0) is 93.3 Å². The molecule has 0 radical (unpaired) electrons. The van der Waals surface area contributed by atoms with E-state index < -0.39 is 5.91 Å². The number of aromatic nitrogens is 2. The van der Waals surface area contributed by atoms with Crippen molar-refractivity contribution < 1.29 is 9.53 Å². The van der Waals surface area contributed by atoms with Crippen LogP contribution in [0.4, 0.5) is 5.95 Å². The van der Waals surface area contributed by atoms with Crippen molar-refractivity contribution in [3.8, 4) is 17.7 Å². The van der Waals surface area contributed by atoms with E-state index in [1.165, 1.54) is 0 Å². The third-order valence-electron chi connectivity index (χ3n) is 7.47. The lowest BCUT2D eigenvalue weighted by Crippen LogP contribution is -2.39. The minimum Gasteiger partial charge on any atom is -0.438 e. The minimum atomic E-state index is -0.396. The molecule has 1 aromatic heterocycles. The number of hydrogen-bond acceptors (Lipinski definition) is 7. The van der Waals surface area contributed by atoms with E-state index in [4.69, 9.17) is 20.4 Å². The predicted molar refractivity (Wildman–Crippen MR) is 146 cm³/mol. The normalized spacial score (nSPS) is 15.9. The Morgan fingerprint density at radius 1 is 1.13 bits per heavy atom. The monoisotopic (exact) mass is 510 g/mol. The summed E-state index contributed by atoms with van der Waals surface area (Å²) in [5.41, 5.74) is 11.7. The molecule has 2 aromatic carbocycles. The first-order chi connectivity index (χ1) is 18.4. The maximum Gasteiger partial charge on any atom is 0.248 e. The number of aryl methyl sites for hydroxylation is 3. The number of nitrogens with zero attached hydrogens (tertiary/aromatic N) is 4. The number of piperidine rings is 1. The van der Waals surface area contributed by atoms with Gasteiger partial charge in [-0.15, -0.1) is 0 Å². The predicted octanol–water partition coefficient (Wildman–Crippen LogP) is 4.81. The first-order valence-electron chi connectivity index (χ1n) is 13.4. The topological polar surface area (TPSA) is 117 Å². The average molecular weight is 511 g/mol. The number of hydrogen-bond donors (Lipinski definition) is 2. The van der Waals surface area contributed by atoms with Crippen LogP contribution in [0.5, 0.6) is 11.6 Å². The van der Waals surface area contributed by atoms with Gasteiger partial charge in [0.2, 0.25) is 17.7 Å². The highest BCUT2D eigenvalue weighted by molar-refractivity contribution is 5.92. The molecule has 0 saturated carbocycles. The number of carbonyl (C=O) groups excluding carboxylic acids is 1. The number of likely N-dealkylation sites (tertiary alicyclic amines) is 1. The van der Waals surface area contributed by atoms with E-state index in [0.29, 0.717) is 23.0 Å². The number of anilines is 1. The van der Waals surface area contributed by atoms with Crippen molar-refractivity contribution in [1.82, 2.24) is 14.9 Å². The quantitative estimate of drug-likeness (QED) is 0.468. The van der Waals surface area contributed by atoms with Gasteiger partial charge >= 0.3 is 0 Å². The number of amides is 1. The summed E-state index contributed by atoms with van der Waals surface area (Å²) in [7, 11) is 0. The summed E-state index contributed by atoms with van der Waals surface area (Å²) in [6.45, 7) is 6.61. The number of nitrogens with two attached hydrogens (primary N) is 1. The van der Waals surface area contributed by atoms with Crippen LogP contribution in [0.1, 0.15) is 69.6 Å². The van der Waals surface area contributed by atoms with Crippen molar-refractivity contribution in [1.29, 1.82) is 5.26 Å². The van der Waals surface area contributed by atoms with Crippen molar-refractivity contribution in [2.45, 2.75) is 65.0 Å². The van der Waals surface area contributed by atoms with Crippen LogP contribution >= 0.6 is 0 Å². The van der Waals surface area contributed by atoms with E-state index in [2.05, 4.69) is 16.3 Å². The zero-order chi connectivity index (χ0) is 26.6. The summed E-state index contributed by atoms with van der Waals surface area (Å²) < 4.78 is 6.44. The molecule has 2 aliphatic rings. The molecule has 1 fully saturated rings. The first kappa shape index (κ1) is 25.7. The molecule has 3 aromatic rings. The Bertz CT molecular complexity index is 1360. The standard InChI is InChI=1S/C30H34N6O2/c1-19-14-22(17-31)15-20(2)27(19)38-29-25-8-3-4-9-26(25)34-30(35-29)33-24-10-12-36(13-11-24)18-21-6-5-7-23(16-21)28(32)37/h5-7,14-16,24H,3-4,8-13,18H2,1-2H3,(H2,32,37)(H,33,34,35). The van der Waals surface area contributed by atoms with Gasteiger partial charge in [0.25, 0.3) is 0 Å². The van der Waals surface area contributed by atoms with Gasteiger partial charge in [-0.2, -0.15) is 10.2 Å². The molecule has 1 saturated heterocycles. The van der Waals surface area contributed by atoms with Crippen LogP contribution in [0.3, 0.4) is 0 Å². The lowest BCUT2D eigenvalue weighted by Gasteiger charge is -2.32. The Balaban J connectivity index is 1.28. The summed E-state index contributed by atoms with van der Waals surface area (Å²) in [6, 6.07) is 13.8. The number of fused-ring (bicyclic) bond motifs is 1. The first-order valence-corrected chi connectivity index (χ1v) is 13.4. The molecule has 3 N–H and O–H groups in total. The fourth-order valence-corrected chi connectivity index (χ4v) is 5.48. The van der Waals surface area contributed by atoms with Gasteiger partial charge in [-0.3, -0.25) is 9.69 Å². The Hall–Kier alpha value is -3.96. The highest BCUT2D eigenvalue weighted by atomic mass is 16.5. The van der Waals surface area contributed by atoms with E-state index in [1.54, 1.807) is 6.07 Å². The molecule has 196 valence electrons. The molecule has 0 atom stereocenters. The molecule has 1 aliphatic carbocycles. The van der Waals surface area contributed by atoms with Crippen LogP contribution in [0.2, 0.25) is 0 Å². The van der Waals surface area contributed by atoms with Crippen LogP contribution in [0, 0.1) is 25.2 Å². The second kappa shape index (κ2) is 11.2. The van der Waals surface area contributed by atoms with E-state index >= 15 is 0 Å². The van der Waals surface area contributed by atoms with E-state index in [-0.39, 0.29) is 6.04 Å². The van der Waals surface area contributed by atoms with E-state index in [9.17, 15) is 10.1 Å². The second-order valence-electron chi connectivity index (χ2n) is 10.4. The van der Waals surface area contributed by atoms with E-state index in [1.807, 2.05) is 44.2 Å². The van der Waals surface area contributed by atoms with Crippen LogP contribution < -0.4 is 15.8 Å². The maximum absolute atomic E-state index is 11.5. The smallest absolute Gasteiger partial charge is 0.248 e. The lowest BCUT2D eigenvalue weighted by molar-refractivity contribution is 0.1000. The summed E-state index contributed by atoms with van der Waals surface area (Å²) >= 11 is 0. The lowest BCUT2D eigenvalue weighted by atomic mass is 9.97. The van der Waals surface area contributed by atoms with Crippen molar-refractivity contribution in [3.63, 3.8) is 0 Å². The summed E-state index contributed by atoms with van der Waals surface area (Å²) in [5, 5.41) is 12.9. The maximum atomic E-state index is 11.5.